The summed E-state index contributed by atoms with van der Waals surface area (Å²) in [6.07, 6.45) is 0. The number of hydrogen-bond acceptors (Lipinski definition) is 4. The number of aromatic nitrogens is 1. The molecule has 1 heterocycles. The van der Waals surface area contributed by atoms with Gasteiger partial charge in [0.1, 0.15) is 0 Å². The number of rotatable bonds is 4. The first-order chi connectivity index (χ1) is 7.72. The van der Waals surface area contributed by atoms with Gasteiger partial charge in [0.2, 0.25) is 0 Å². The fraction of sp³-hybridized carbons (Fsp3) is 0.417. The van der Waals surface area contributed by atoms with E-state index in [1.165, 1.54) is 10.3 Å². The van der Waals surface area contributed by atoms with Crippen molar-refractivity contribution in [2.75, 3.05) is 18.8 Å². The van der Waals surface area contributed by atoms with E-state index in [2.05, 4.69) is 41.9 Å². The monoisotopic (exact) mass is 235 g/mol. The molecule has 0 radical (unpaired) electrons. The van der Waals surface area contributed by atoms with Gasteiger partial charge < -0.3 is 5.73 Å². The number of fused-ring (bicyclic) bond motifs is 1. The summed E-state index contributed by atoms with van der Waals surface area (Å²) in [6, 6.07) is 6.39. The Morgan fingerprint density at radius 1 is 1.31 bits per heavy atom. The lowest BCUT2D eigenvalue weighted by atomic mass is 10.2. The molecule has 0 unspecified atom stereocenters. The van der Waals surface area contributed by atoms with Crippen LogP contribution in [0.15, 0.2) is 18.2 Å². The van der Waals surface area contributed by atoms with E-state index >= 15 is 0 Å². The molecule has 2 aromatic rings. The molecule has 0 aliphatic carbocycles. The number of nitrogens with zero attached hydrogens (tertiary/aromatic N) is 2. The van der Waals surface area contributed by atoms with Crippen molar-refractivity contribution in [3.05, 3.63) is 23.8 Å². The van der Waals surface area contributed by atoms with Crippen molar-refractivity contribution in [2.24, 2.45) is 0 Å². The summed E-state index contributed by atoms with van der Waals surface area (Å²) in [7, 11) is 0. The normalized spacial score (nSPS) is 11.4. The van der Waals surface area contributed by atoms with Crippen LogP contribution in [0.3, 0.4) is 0 Å². The van der Waals surface area contributed by atoms with Crippen molar-refractivity contribution in [1.82, 2.24) is 9.88 Å². The number of thiazole rings is 1. The molecule has 0 aliphatic rings. The first kappa shape index (κ1) is 11.4. The van der Waals surface area contributed by atoms with Crippen molar-refractivity contribution in [3.63, 3.8) is 0 Å². The highest BCUT2D eigenvalue weighted by atomic mass is 32.1. The van der Waals surface area contributed by atoms with Gasteiger partial charge >= 0.3 is 0 Å². The maximum atomic E-state index is 5.69. The zero-order chi connectivity index (χ0) is 11.5. The predicted octanol–water partition coefficient (Wildman–Crippen LogP) is 2.72. The fourth-order valence-electron chi connectivity index (χ4n) is 1.79. The SMILES string of the molecule is CCN(CC)Cc1ccc2nc(N)sc2c1. The average Bonchev–Trinajstić information content (AvgIpc) is 2.65. The van der Waals surface area contributed by atoms with E-state index in [4.69, 9.17) is 5.73 Å². The van der Waals surface area contributed by atoms with Crippen LogP contribution in [-0.2, 0) is 6.54 Å². The second-order valence-electron chi connectivity index (χ2n) is 3.82. The molecule has 16 heavy (non-hydrogen) atoms. The molecule has 0 fully saturated rings. The van der Waals surface area contributed by atoms with Gasteiger partial charge in [-0.25, -0.2) is 4.98 Å². The Morgan fingerprint density at radius 3 is 2.75 bits per heavy atom. The average molecular weight is 235 g/mol. The van der Waals surface area contributed by atoms with Crippen molar-refractivity contribution in [2.45, 2.75) is 20.4 Å². The van der Waals surface area contributed by atoms with Crippen LogP contribution >= 0.6 is 11.3 Å². The van der Waals surface area contributed by atoms with E-state index in [1.807, 2.05) is 0 Å². The zero-order valence-corrected chi connectivity index (χ0v) is 10.5. The molecule has 0 amide bonds. The molecular weight excluding hydrogens is 218 g/mol. The minimum atomic E-state index is 0.648. The van der Waals surface area contributed by atoms with Gasteiger partial charge in [0, 0.05) is 6.54 Å². The van der Waals surface area contributed by atoms with Crippen LogP contribution in [0.2, 0.25) is 0 Å². The second-order valence-corrected chi connectivity index (χ2v) is 4.88. The van der Waals surface area contributed by atoms with Crippen molar-refractivity contribution in [3.8, 4) is 0 Å². The summed E-state index contributed by atoms with van der Waals surface area (Å²) in [4.78, 5) is 6.65. The highest BCUT2D eigenvalue weighted by Gasteiger charge is 2.04. The predicted molar refractivity (Wildman–Crippen MR) is 70.7 cm³/mol. The second kappa shape index (κ2) is 4.80. The molecule has 86 valence electrons. The summed E-state index contributed by atoms with van der Waals surface area (Å²) in [5, 5.41) is 0.648. The fourth-order valence-corrected chi connectivity index (χ4v) is 2.59. The number of benzene rings is 1. The van der Waals surface area contributed by atoms with Crippen LogP contribution in [-0.4, -0.2) is 23.0 Å². The van der Waals surface area contributed by atoms with Crippen molar-refractivity contribution >= 4 is 26.7 Å². The Balaban J connectivity index is 2.24. The first-order valence-corrected chi connectivity index (χ1v) is 6.42. The third-order valence-electron chi connectivity index (χ3n) is 2.77. The van der Waals surface area contributed by atoms with Gasteiger partial charge in [-0.05, 0) is 30.8 Å². The third kappa shape index (κ3) is 2.33. The maximum absolute atomic E-state index is 5.69. The van der Waals surface area contributed by atoms with Crippen LogP contribution in [0.25, 0.3) is 10.2 Å². The van der Waals surface area contributed by atoms with Crippen LogP contribution in [0.1, 0.15) is 19.4 Å². The van der Waals surface area contributed by atoms with E-state index < -0.39 is 0 Å². The number of anilines is 1. The van der Waals surface area contributed by atoms with Crippen molar-refractivity contribution < 1.29 is 0 Å². The molecule has 0 saturated carbocycles. The van der Waals surface area contributed by atoms with E-state index in [0.29, 0.717) is 5.13 Å². The minimum absolute atomic E-state index is 0.648. The van der Waals surface area contributed by atoms with Crippen LogP contribution in [0, 0.1) is 0 Å². The van der Waals surface area contributed by atoms with E-state index in [1.54, 1.807) is 11.3 Å². The molecule has 0 bridgehead atoms. The van der Waals surface area contributed by atoms with E-state index in [0.717, 1.165) is 25.2 Å². The third-order valence-corrected chi connectivity index (χ3v) is 3.62. The van der Waals surface area contributed by atoms with E-state index in [9.17, 15) is 0 Å². The lowest BCUT2D eigenvalue weighted by Gasteiger charge is -2.17. The molecule has 0 atom stereocenters. The molecule has 1 aromatic heterocycles. The zero-order valence-electron chi connectivity index (χ0n) is 9.73. The quantitative estimate of drug-likeness (QED) is 0.886. The van der Waals surface area contributed by atoms with Gasteiger partial charge in [-0.2, -0.15) is 0 Å². The Kier molecular flexibility index (Phi) is 3.41. The Labute approximate surface area is 99.9 Å². The van der Waals surface area contributed by atoms with Gasteiger partial charge in [-0.1, -0.05) is 31.3 Å². The lowest BCUT2D eigenvalue weighted by Crippen LogP contribution is -2.21. The molecule has 0 spiro atoms. The van der Waals surface area contributed by atoms with Gasteiger partial charge in [-0.3, -0.25) is 4.90 Å². The standard InChI is InChI=1S/C12H17N3S/c1-3-15(4-2)8-9-5-6-10-11(7-9)16-12(13)14-10/h5-7H,3-4,8H2,1-2H3,(H2,13,14). The smallest absolute Gasteiger partial charge is 0.181 e. The molecule has 2 N–H and O–H groups in total. The highest BCUT2D eigenvalue weighted by Crippen LogP contribution is 2.24. The van der Waals surface area contributed by atoms with Gasteiger partial charge in [0.05, 0.1) is 10.2 Å². The summed E-state index contributed by atoms with van der Waals surface area (Å²) >= 11 is 1.56. The van der Waals surface area contributed by atoms with Crippen LogP contribution in [0.5, 0.6) is 0 Å². The summed E-state index contributed by atoms with van der Waals surface area (Å²) < 4.78 is 1.18. The first-order valence-electron chi connectivity index (χ1n) is 5.60. The highest BCUT2D eigenvalue weighted by molar-refractivity contribution is 7.22. The summed E-state index contributed by atoms with van der Waals surface area (Å²) in [5.41, 5.74) is 8.03. The minimum Gasteiger partial charge on any atom is -0.375 e. The maximum Gasteiger partial charge on any atom is 0.181 e. The Hall–Kier alpha value is -1.13. The van der Waals surface area contributed by atoms with Gasteiger partial charge in [-0.15, -0.1) is 0 Å². The number of hydrogen-bond donors (Lipinski definition) is 1. The van der Waals surface area contributed by atoms with Crippen LogP contribution in [0.4, 0.5) is 5.13 Å². The number of nitrogens with two attached hydrogens (primary N) is 1. The molecule has 4 heteroatoms. The van der Waals surface area contributed by atoms with Gasteiger partial charge in [0.25, 0.3) is 0 Å². The Morgan fingerprint density at radius 2 is 2.06 bits per heavy atom. The lowest BCUT2D eigenvalue weighted by molar-refractivity contribution is 0.296. The molecule has 3 nitrogen and oxygen atoms in total. The van der Waals surface area contributed by atoms with Crippen LogP contribution < -0.4 is 5.73 Å². The van der Waals surface area contributed by atoms with Gasteiger partial charge in [0.15, 0.2) is 5.13 Å². The summed E-state index contributed by atoms with van der Waals surface area (Å²) in [5.74, 6) is 0. The molecular formula is C12H17N3S. The molecule has 0 aliphatic heterocycles. The van der Waals surface area contributed by atoms with Crippen molar-refractivity contribution in [1.29, 1.82) is 0 Å². The molecule has 1 aromatic carbocycles. The number of nitrogen functional groups attached to an aromatic ring is 1. The largest absolute Gasteiger partial charge is 0.375 e. The van der Waals surface area contributed by atoms with E-state index in [-0.39, 0.29) is 0 Å². The molecule has 2 rings (SSSR count). The molecule has 0 saturated heterocycles. The Bertz CT molecular complexity index is 474. The summed E-state index contributed by atoms with van der Waals surface area (Å²) in [6.45, 7) is 7.54. The topological polar surface area (TPSA) is 42.2 Å².